The molecule has 1 saturated heterocycles. The van der Waals surface area contributed by atoms with Gasteiger partial charge < -0.3 is 4.90 Å². The summed E-state index contributed by atoms with van der Waals surface area (Å²) in [6, 6.07) is 2.23. The minimum absolute atomic E-state index is 0.00291. The first-order chi connectivity index (χ1) is 11.7. The molecular weight excluding hydrogens is 342 g/mol. The molecule has 1 atom stereocenters. The van der Waals surface area contributed by atoms with Gasteiger partial charge in [0.1, 0.15) is 4.70 Å². The summed E-state index contributed by atoms with van der Waals surface area (Å²) in [5, 5.41) is 2.53. The van der Waals surface area contributed by atoms with Gasteiger partial charge in [0.2, 0.25) is 5.91 Å². The average Bonchev–Trinajstić information content (AvgIpc) is 3.08. The second kappa shape index (κ2) is 7.70. The monoisotopic (exact) mass is 365 g/mol. The SMILES string of the molecule is CC[C@@H]1CCCCN1C(=O)CSc1nc2ccsc2c(=O)n1CC. The Morgan fingerprint density at radius 3 is 3.00 bits per heavy atom. The molecule has 0 unspecified atom stereocenters. The van der Waals surface area contributed by atoms with Gasteiger partial charge in [0.25, 0.3) is 5.56 Å². The van der Waals surface area contributed by atoms with Crippen molar-refractivity contribution in [2.45, 2.75) is 57.3 Å². The van der Waals surface area contributed by atoms with E-state index in [0.29, 0.717) is 28.2 Å². The summed E-state index contributed by atoms with van der Waals surface area (Å²) in [7, 11) is 0. The van der Waals surface area contributed by atoms with Gasteiger partial charge in [-0.25, -0.2) is 4.98 Å². The summed E-state index contributed by atoms with van der Waals surface area (Å²) < 4.78 is 2.36. The van der Waals surface area contributed by atoms with Crippen molar-refractivity contribution < 1.29 is 4.79 Å². The molecule has 7 heteroatoms. The molecule has 3 heterocycles. The van der Waals surface area contributed by atoms with Crippen LogP contribution in [0.4, 0.5) is 0 Å². The number of carbonyl (C=O) groups excluding carboxylic acids is 1. The third-order valence-corrected chi connectivity index (χ3v) is 6.44. The fraction of sp³-hybridized carbons (Fsp3) is 0.588. The number of carbonyl (C=O) groups is 1. The number of amides is 1. The van der Waals surface area contributed by atoms with Gasteiger partial charge in [-0.1, -0.05) is 18.7 Å². The molecule has 2 aromatic rings. The lowest BCUT2D eigenvalue weighted by molar-refractivity contribution is -0.132. The van der Waals surface area contributed by atoms with E-state index in [2.05, 4.69) is 11.9 Å². The molecule has 0 saturated carbocycles. The summed E-state index contributed by atoms with van der Waals surface area (Å²) in [6.45, 7) is 5.50. The highest BCUT2D eigenvalue weighted by molar-refractivity contribution is 7.99. The number of thioether (sulfide) groups is 1. The van der Waals surface area contributed by atoms with E-state index in [1.54, 1.807) is 4.57 Å². The highest BCUT2D eigenvalue weighted by atomic mass is 32.2. The summed E-state index contributed by atoms with van der Waals surface area (Å²) in [4.78, 5) is 31.8. The zero-order valence-electron chi connectivity index (χ0n) is 14.2. The number of piperidine rings is 1. The molecule has 24 heavy (non-hydrogen) atoms. The normalized spacial score (nSPS) is 18.2. The molecule has 0 bridgehead atoms. The van der Waals surface area contributed by atoms with Crippen LogP contribution in [0.15, 0.2) is 21.4 Å². The second-order valence-corrected chi connectivity index (χ2v) is 7.87. The van der Waals surface area contributed by atoms with Crippen LogP contribution in [-0.2, 0) is 11.3 Å². The summed E-state index contributed by atoms with van der Waals surface area (Å²) in [6.07, 6.45) is 4.41. The third-order valence-electron chi connectivity index (χ3n) is 4.59. The lowest BCUT2D eigenvalue weighted by Gasteiger charge is -2.35. The van der Waals surface area contributed by atoms with Crippen molar-refractivity contribution in [1.82, 2.24) is 14.5 Å². The summed E-state index contributed by atoms with van der Waals surface area (Å²) in [5.41, 5.74) is 0.728. The van der Waals surface area contributed by atoms with Crippen LogP contribution in [0.2, 0.25) is 0 Å². The third kappa shape index (κ3) is 3.37. The number of hydrogen-bond donors (Lipinski definition) is 0. The van der Waals surface area contributed by atoms with Crippen LogP contribution in [0, 0.1) is 0 Å². The van der Waals surface area contributed by atoms with E-state index < -0.39 is 0 Å². The molecule has 130 valence electrons. The van der Waals surface area contributed by atoms with Gasteiger partial charge in [-0.15, -0.1) is 11.3 Å². The topological polar surface area (TPSA) is 55.2 Å². The second-order valence-electron chi connectivity index (χ2n) is 6.01. The van der Waals surface area contributed by atoms with Crippen LogP contribution >= 0.6 is 23.1 Å². The van der Waals surface area contributed by atoms with Gasteiger partial charge in [-0.05, 0) is 44.1 Å². The van der Waals surface area contributed by atoms with Crippen molar-refractivity contribution in [3.63, 3.8) is 0 Å². The Balaban J connectivity index is 1.77. The Bertz CT molecular complexity index is 784. The first-order valence-electron chi connectivity index (χ1n) is 8.56. The number of fused-ring (bicyclic) bond motifs is 1. The van der Waals surface area contributed by atoms with Crippen molar-refractivity contribution in [2.24, 2.45) is 0 Å². The standard InChI is InChI=1S/C17H23N3O2S2/c1-3-12-7-5-6-9-20(12)14(21)11-24-17-18-13-8-10-23-15(13)16(22)19(17)4-2/h8,10,12H,3-7,9,11H2,1-2H3/t12-/m1/s1. The molecule has 2 aromatic heterocycles. The molecule has 1 fully saturated rings. The molecule has 3 rings (SSSR count). The Kier molecular flexibility index (Phi) is 5.61. The number of rotatable bonds is 5. The first kappa shape index (κ1) is 17.5. The Morgan fingerprint density at radius 1 is 1.42 bits per heavy atom. The van der Waals surface area contributed by atoms with Gasteiger partial charge in [0, 0.05) is 19.1 Å². The first-order valence-corrected chi connectivity index (χ1v) is 10.4. The predicted octanol–water partition coefficient (Wildman–Crippen LogP) is 3.36. The van der Waals surface area contributed by atoms with Gasteiger partial charge in [-0.3, -0.25) is 14.2 Å². The zero-order valence-corrected chi connectivity index (χ0v) is 15.8. The van der Waals surface area contributed by atoms with E-state index in [9.17, 15) is 9.59 Å². The molecule has 1 aliphatic heterocycles. The van der Waals surface area contributed by atoms with Crippen molar-refractivity contribution >= 4 is 39.2 Å². The number of nitrogens with zero attached hydrogens (tertiary/aromatic N) is 3. The molecular formula is C17H23N3O2S2. The lowest BCUT2D eigenvalue weighted by Crippen LogP contribution is -2.44. The lowest BCUT2D eigenvalue weighted by atomic mass is 10.0. The fourth-order valence-corrected chi connectivity index (χ4v) is 5.00. The summed E-state index contributed by atoms with van der Waals surface area (Å²) >= 11 is 2.81. The fourth-order valence-electron chi connectivity index (χ4n) is 3.28. The maximum atomic E-state index is 12.6. The Labute approximate surface area is 150 Å². The van der Waals surface area contributed by atoms with Gasteiger partial charge in [0.15, 0.2) is 5.16 Å². The quantitative estimate of drug-likeness (QED) is 0.602. The highest BCUT2D eigenvalue weighted by Gasteiger charge is 2.25. The maximum absolute atomic E-state index is 12.6. The molecule has 0 aliphatic carbocycles. The minimum atomic E-state index is -0.00291. The summed E-state index contributed by atoms with van der Waals surface area (Å²) in [5.74, 6) is 0.507. The molecule has 1 aliphatic rings. The van der Waals surface area contributed by atoms with Crippen LogP contribution in [0.3, 0.4) is 0 Å². The van der Waals surface area contributed by atoms with Gasteiger partial charge >= 0.3 is 0 Å². The van der Waals surface area contributed by atoms with Crippen LogP contribution in [-0.4, -0.2) is 38.7 Å². The smallest absolute Gasteiger partial charge is 0.272 e. The van der Waals surface area contributed by atoms with Crippen molar-refractivity contribution in [3.8, 4) is 0 Å². The maximum Gasteiger partial charge on any atom is 0.272 e. The van der Waals surface area contributed by atoms with Gasteiger partial charge in [-0.2, -0.15) is 0 Å². The number of likely N-dealkylation sites (tertiary alicyclic amines) is 1. The number of hydrogen-bond acceptors (Lipinski definition) is 5. The Hall–Kier alpha value is -1.34. The molecule has 0 N–H and O–H groups in total. The number of aromatic nitrogens is 2. The van der Waals surface area contributed by atoms with E-state index in [1.165, 1.54) is 29.5 Å². The van der Waals surface area contributed by atoms with Crippen LogP contribution in [0.25, 0.3) is 10.2 Å². The molecule has 0 spiro atoms. The van der Waals surface area contributed by atoms with Crippen LogP contribution in [0.1, 0.15) is 39.5 Å². The van der Waals surface area contributed by atoms with E-state index in [4.69, 9.17) is 0 Å². The number of thiophene rings is 1. The van der Waals surface area contributed by atoms with E-state index in [1.807, 2.05) is 23.3 Å². The zero-order chi connectivity index (χ0) is 17.1. The van der Waals surface area contributed by atoms with Gasteiger partial charge in [0.05, 0.1) is 11.3 Å². The van der Waals surface area contributed by atoms with Crippen molar-refractivity contribution in [1.29, 1.82) is 0 Å². The highest BCUT2D eigenvalue weighted by Crippen LogP contribution is 2.24. The molecule has 5 nitrogen and oxygen atoms in total. The molecule has 1 amide bonds. The molecule has 0 radical (unpaired) electrons. The average molecular weight is 366 g/mol. The molecule has 0 aromatic carbocycles. The van der Waals surface area contributed by atoms with Crippen molar-refractivity contribution in [3.05, 3.63) is 21.8 Å². The Morgan fingerprint density at radius 2 is 2.25 bits per heavy atom. The minimum Gasteiger partial charge on any atom is -0.339 e. The van der Waals surface area contributed by atoms with E-state index in [0.717, 1.165) is 31.3 Å². The van der Waals surface area contributed by atoms with Crippen LogP contribution in [0.5, 0.6) is 0 Å². The van der Waals surface area contributed by atoms with Crippen molar-refractivity contribution in [2.75, 3.05) is 12.3 Å². The van der Waals surface area contributed by atoms with E-state index >= 15 is 0 Å². The van der Waals surface area contributed by atoms with E-state index in [-0.39, 0.29) is 11.5 Å². The van der Waals surface area contributed by atoms with Crippen LogP contribution < -0.4 is 5.56 Å². The predicted molar refractivity (Wildman–Crippen MR) is 99.9 cm³/mol. The largest absolute Gasteiger partial charge is 0.339 e.